The molecule has 24 heavy (non-hydrogen) atoms. The van der Waals surface area contributed by atoms with Crippen LogP contribution in [0.4, 0.5) is 4.39 Å². The Hall–Kier alpha value is -1.46. The molecule has 132 valence electrons. The van der Waals surface area contributed by atoms with E-state index in [0.29, 0.717) is 13.2 Å². The van der Waals surface area contributed by atoms with Crippen molar-refractivity contribution in [3.8, 4) is 0 Å². The van der Waals surface area contributed by atoms with Crippen molar-refractivity contribution in [2.75, 3.05) is 26.8 Å². The van der Waals surface area contributed by atoms with Crippen molar-refractivity contribution >= 4 is 5.91 Å². The summed E-state index contributed by atoms with van der Waals surface area (Å²) in [4.78, 5) is 14.9. The van der Waals surface area contributed by atoms with Gasteiger partial charge in [0.2, 0.25) is 5.91 Å². The highest BCUT2D eigenvalue weighted by Gasteiger charge is 2.32. The van der Waals surface area contributed by atoms with Crippen LogP contribution in [0, 0.1) is 11.7 Å². The normalized spacial score (nSPS) is 26.2. The van der Waals surface area contributed by atoms with Crippen molar-refractivity contribution in [2.24, 2.45) is 5.92 Å². The summed E-state index contributed by atoms with van der Waals surface area (Å²) in [6.07, 6.45) is 4.44. The van der Waals surface area contributed by atoms with Crippen LogP contribution in [-0.4, -0.2) is 49.7 Å². The van der Waals surface area contributed by atoms with Gasteiger partial charge in [-0.05, 0) is 63.4 Å². The second-order valence-corrected chi connectivity index (χ2v) is 7.03. The van der Waals surface area contributed by atoms with Gasteiger partial charge in [0.05, 0.1) is 0 Å². The largest absolute Gasteiger partial charge is 0.381 e. The Morgan fingerprint density at radius 1 is 1.33 bits per heavy atom. The fourth-order valence-electron chi connectivity index (χ4n) is 3.86. The molecule has 0 aromatic heterocycles. The molecule has 1 N–H and O–H groups in total. The quantitative estimate of drug-likeness (QED) is 0.919. The van der Waals surface area contributed by atoms with Crippen molar-refractivity contribution in [2.45, 2.75) is 44.2 Å². The summed E-state index contributed by atoms with van der Waals surface area (Å²) in [6, 6.07) is 7.12. The number of ether oxygens (including phenoxy) is 1. The number of nitrogens with zero attached hydrogens (tertiary/aromatic N) is 1. The zero-order valence-electron chi connectivity index (χ0n) is 14.3. The maximum absolute atomic E-state index is 13.5. The van der Waals surface area contributed by atoms with Crippen molar-refractivity contribution in [3.63, 3.8) is 0 Å². The van der Waals surface area contributed by atoms with Crippen LogP contribution in [0.25, 0.3) is 0 Å². The summed E-state index contributed by atoms with van der Waals surface area (Å²) < 4.78 is 18.8. The number of carbonyl (C=O) groups is 1. The highest BCUT2D eigenvalue weighted by Crippen LogP contribution is 2.22. The van der Waals surface area contributed by atoms with Crippen LogP contribution in [0.5, 0.6) is 0 Å². The first-order chi connectivity index (χ1) is 11.6. The lowest BCUT2D eigenvalue weighted by molar-refractivity contribution is -0.129. The molecule has 0 spiro atoms. The highest BCUT2D eigenvalue weighted by atomic mass is 19.1. The number of amides is 1. The van der Waals surface area contributed by atoms with Crippen LogP contribution in [-0.2, 0) is 16.0 Å². The lowest BCUT2D eigenvalue weighted by atomic mass is 9.90. The molecule has 2 aliphatic rings. The van der Waals surface area contributed by atoms with Crippen LogP contribution in [0.15, 0.2) is 24.3 Å². The van der Waals surface area contributed by atoms with E-state index in [1.54, 1.807) is 12.1 Å². The summed E-state index contributed by atoms with van der Waals surface area (Å²) in [5, 5.41) is 3.27. The number of carbonyl (C=O) groups excluding carboxylic acids is 1. The molecule has 2 fully saturated rings. The maximum Gasteiger partial charge on any atom is 0.223 e. The fraction of sp³-hybridized carbons (Fsp3) is 0.632. The van der Waals surface area contributed by atoms with Crippen molar-refractivity contribution in [1.82, 2.24) is 10.2 Å². The number of rotatable bonds is 4. The minimum absolute atomic E-state index is 0.0702. The molecule has 0 aliphatic carbocycles. The van der Waals surface area contributed by atoms with Gasteiger partial charge in [-0.25, -0.2) is 4.39 Å². The maximum atomic E-state index is 13.5. The molecule has 2 atom stereocenters. The molecule has 0 bridgehead atoms. The Labute approximate surface area is 143 Å². The topological polar surface area (TPSA) is 41.6 Å². The molecule has 5 heteroatoms. The molecule has 0 radical (unpaired) electrons. The van der Waals surface area contributed by atoms with E-state index in [0.717, 1.165) is 44.2 Å². The van der Waals surface area contributed by atoms with Gasteiger partial charge < -0.3 is 15.0 Å². The summed E-state index contributed by atoms with van der Waals surface area (Å²) in [7, 11) is 2.09. The fourth-order valence-corrected chi connectivity index (χ4v) is 3.86. The lowest BCUT2D eigenvalue weighted by Crippen LogP contribution is -2.56. The smallest absolute Gasteiger partial charge is 0.223 e. The number of benzene rings is 1. The molecule has 4 nitrogen and oxygen atoms in total. The number of piperidine rings is 1. The molecule has 2 aliphatic heterocycles. The molecule has 1 aromatic rings. The van der Waals surface area contributed by atoms with Gasteiger partial charge in [-0.1, -0.05) is 12.1 Å². The first-order valence-corrected chi connectivity index (χ1v) is 8.96. The zero-order chi connectivity index (χ0) is 16.9. The molecule has 1 amide bonds. The van der Waals surface area contributed by atoms with Gasteiger partial charge in [0, 0.05) is 31.2 Å². The van der Waals surface area contributed by atoms with Crippen LogP contribution in [0.3, 0.4) is 0 Å². The molecule has 3 rings (SSSR count). The predicted molar refractivity (Wildman–Crippen MR) is 91.2 cm³/mol. The van der Waals surface area contributed by atoms with E-state index in [4.69, 9.17) is 4.74 Å². The van der Waals surface area contributed by atoms with E-state index in [2.05, 4.69) is 17.3 Å². The Balaban J connectivity index is 1.66. The number of likely N-dealkylation sites (N-methyl/N-ethyl adjacent to an activating group) is 1. The van der Waals surface area contributed by atoms with Gasteiger partial charge in [0.15, 0.2) is 0 Å². The van der Waals surface area contributed by atoms with Gasteiger partial charge in [-0.3, -0.25) is 4.79 Å². The van der Waals surface area contributed by atoms with E-state index in [-0.39, 0.29) is 29.7 Å². The summed E-state index contributed by atoms with van der Waals surface area (Å²) in [5.74, 6) is 0.0254. The monoisotopic (exact) mass is 334 g/mol. The molecular weight excluding hydrogens is 307 g/mol. The molecule has 2 heterocycles. The number of likely N-dealkylation sites (tertiary alicyclic amines) is 1. The Bertz CT molecular complexity index is 560. The van der Waals surface area contributed by atoms with Crippen LogP contribution < -0.4 is 5.32 Å². The first kappa shape index (κ1) is 17.4. The summed E-state index contributed by atoms with van der Waals surface area (Å²) in [5.41, 5.74) is 0.985. The molecule has 1 aromatic carbocycles. The third kappa shape index (κ3) is 4.33. The Morgan fingerprint density at radius 2 is 2.12 bits per heavy atom. The lowest BCUT2D eigenvalue weighted by Gasteiger charge is -2.40. The predicted octanol–water partition coefficient (Wildman–Crippen LogP) is 2.37. The average molecular weight is 334 g/mol. The number of halogens is 1. The number of nitrogens with one attached hydrogen (secondary N) is 1. The van der Waals surface area contributed by atoms with Gasteiger partial charge in [-0.15, -0.1) is 0 Å². The first-order valence-electron chi connectivity index (χ1n) is 8.96. The van der Waals surface area contributed by atoms with E-state index >= 15 is 0 Å². The summed E-state index contributed by atoms with van der Waals surface area (Å²) in [6.45, 7) is 2.37. The van der Waals surface area contributed by atoms with Crippen LogP contribution in [0.1, 0.15) is 31.2 Å². The minimum Gasteiger partial charge on any atom is -0.381 e. The van der Waals surface area contributed by atoms with Gasteiger partial charge >= 0.3 is 0 Å². The number of hydrogen-bond acceptors (Lipinski definition) is 3. The SMILES string of the molecule is CN1CCC[C@H](NC(=O)C2CCOCC2)[C@@H]1Cc1cccc(F)c1. The van der Waals surface area contributed by atoms with Gasteiger partial charge in [-0.2, -0.15) is 0 Å². The third-order valence-electron chi connectivity index (χ3n) is 5.31. The van der Waals surface area contributed by atoms with Crippen molar-refractivity contribution < 1.29 is 13.9 Å². The Kier molecular flexibility index (Phi) is 5.85. The standard InChI is InChI=1S/C19H27FN2O2/c1-22-9-3-6-17(21-19(23)15-7-10-24-11-8-15)18(22)13-14-4-2-5-16(20)12-14/h2,4-5,12,15,17-18H,3,6-11,13H2,1H3,(H,21,23)/t17-,18-/m0/s1. The zero-order valence-corrected chi connectivity index (χ0v) is 14.3. The Morgan fingerprint density at radius 3 is 2.88 bits per heavy atom. The minimum atomic E-state index is -0.200. The molecule has 0 unspecified atom stereocenters. The number of hydrogen-bond donors (Lipinski definition) is 1. The van der Waals surface area contributed by atoms with Gasteiger partial charge in [0.1, 0.15) is 5.82 Å². The molecule has 2 saturated heterocycles. The molecule has 0 saturated carbocycles. The van der Waals surface area contributed by atoms with Crippen LogP contribution in [0.2, 0.25) is 0 Å². The van der Waals surface area contributed by atoms with Gasteiger partial charge in [0.25, 0.3) is 0 Å². The summed E-state index contributed by atoms with van der Waals surface area (Å²) >= 11 is 0. The second kappa shape index (κ2) is 8.08. The van der Waals surface area contributed by atoms with Crippen LogP contribution >= 0.6 is 0 Å². The van der Waals surface area contributed by atoms with E-state index in [9.17, 15) is 9.18 Å². The third-order valence-corrected chi connectivity index (χ3v) is 5.31. The van der Waals surface area contributed by atoms with E-state index in [1.165, 1.54) is 6.07 Å². The second-order valence-electron chi connectivity index (χ2n) is 7.03. The van der Waals surface area contributed by atoms with Crippen molar-refractivity contribution in [3.05, 3.63) is 35.6 Å². The average Bonchev–Trinajstić information content (AvgIpc) is 2.59. The highest BCUT2D eigenvalue weighted by molar-refractivity contribution is 5.79. The van der Waals surface area contributed by atoms with E-state index in [1.807, 2.05) is 6.07 Å². The van der Waals surface area contributed by atoms with E-state index < -0.39 is 0 Å². The molecular formula is C19H27FN2O2. The van der Waals surface area contributed by atoms with Crippen molar-refractivity contribution in [1.29, 1.82) is 0 Å².